The maximum atomic E-state index is 12.7. The summed E-state index contributed by atoms with van der Waals surface area (Å²) in [5, 5.41) is 0. The third-order valence-corrected chi connectivity index (χ3v) is 5.04. The van der Waals surface area contributed by atoms with Crippen LogP contribution in [-0.2, 0) is 19.1 Å². The Morgan fingerprint density at radius 1 is 0.483 bits per heavy atom. The zero-order valence-electron chi connectivity index (χ0n) is 19.7. The maximum absolute atomic E-state index is 12.7. The van der Waals surface area contributed by atoms with Crippen molar-refractivity contribution in [1.82, 2.24) is 0 Å². The molecule has 0 radical (unpaired) electrons. The van der Waals surface area contributed by atoms with Crippen molar-refractivity contribution in [2.75, 3.05) is 13.2 Å². The first-order valence-electron chi connectivity index (χ1n) is 12.2. The van der Waals surface area contributed by atoms with Crippen molar-refractivity contribution >= 4 is 11.9 Å². The Hall–Kier alpha value is -1.32. The summed E-state index contributed by atoms with van der Waals surface area (Å²) in [5.41, 5.74) is 1.12. The van der Waals surface area contributed by atoms with Crippen LogP contribution in [0.25, 0.3) is 0 Å². The molecule has 0 aromatic rings. The lowest BCUT2D eigenvalue weighted by molar-refractivity contribution is -0.142. The Bertz CT molecular complexity index is 454. The number of hydrogen-bond donors (Lipinski definition) is 0. The first kappa shape index (κ1) is 27.7. The molecule has 0 heterocycles. The van der Waals surface area contributed by atoms with Gasteiger partial charge in [-0.2, -0.15) is 0 Å². The summed E-state index contributed by atoms with van der Waals surface area (Å²) >= 11 is 0. The molecule has 0 N–H and O–H groups in total. The van der Waals surface area contributed by atoms with Crippen LogP contribution < -0.4 is 0 Å². The molecule has 0 saturated carbocycles. The molecule has 0 amide bonds. The van der Waals surface area contributed by atoms with Gasteiger partial charge in [-0.25, -0.2) is 9.59 Å². The number of ether oxygens (including phenoxy) is 2. The van der Waals surface area contributed by atoms with E-state index in [1.165, 1.54) is 44.9 Å². The van der Waals surface area contributed by atoms with E-state index in [4.69, 9.17) is 9.47 Å². The van der Waals surface area contributed by atoms with Gasteiger partial charge >= 0.3 is 11.9 Å². The van der Waals surface area contributed by atoms with E-state index in [1.54, 1.807) is 0 Å². The molecule has 4 heteroatoms. The monoisotopic (exact) mass is 410 g/mol. The van der Waals surface area contributed by atoms with Gasteiger partial charge in [0, 0.05) is 11.1 Å². The minimum absolute atomic E-state index is 0.322. The second kappa shape index (κ2) is 20.0. The molecular formula is C25H46O4. The van der Waals surface area contributed by atoms with Gasteiger partial charge in [0.05, 0.1) is 13.2 Å². The Morgan fingerprint density at radius 2 is 0.828 bits per heavy atom. The molecule has 0 aliphatic rings. The minimum atomic E-state index is -0.322. The average Bonchev–Trinajstić information content (AvgIpc) is 2.73. The standard InChI is InChI=1S/C25H46O4/c1-5-9-11-13-15-17-19-23(25(27)29-21-8-4)22(24(26)28-20-7-3)18-16-14-12-10-6-2/h5-21H2,1-4H3. The number of carbonyl (C=O) groups excluding carboxylic acids is 2. The van der Waals surface area contributed by atoms with Crippen LogP contribution in [0.15, 0.2) is 11.1 Å². The first-order valence-corrected chi connectivity index (χ1v) is 12.2. The van der Waals surface area contributed by atoms with Gasteiger partial charge < -0.3 is 9.47 Å². The van der Waals surface area contributed by atoms with Crippen LogP contribution in [0.4, 0.5) is 0 Å². The van der Waals surface area contributed by atoms with Crippen LogP contribution in [0.1, 0.15) is 124 Å². The van der Waals surface area contributed by atoms with E-state index in [9.17, 15) is 9.59 Å². The lowest BCUT2D eigenvalue weighted by Gasteiger charge is -2.15. The summed E-state index contributed by atoms with van der Waals surface area (Å²) in [6.45, 7) is 9.15. The molecule has 0 spiro atoms. The first-order chi connectivity index (χ1) is 14.1. The summed E-state index contributed by atoms with van der Waals surface area (Å²) in [6, 6.07) is 0. The molecule has 170 valence electrons. The van der Waals surface area contributed by atoms with E-state index in [1.807, 2.05) is 13.8 Å². The highest BCUT2D eigenvalue weighted by Crippen LogP contribution is 2.23. The Balaban J connectivity index is 5.21. The molecule has 0 aliphatic heterocycles. The molecule has 4 nitrogen and oxygen atoms in total. The lowest BCUT2D eigenvalue weighted by atomic mass is 9.96. The number of rotatable bonds is 19. The lowest BCUT2D eigenvalue weighted by Crippen LogP contribution is -2.18. The fourth-order valence-electron chi connectivity index (χ4n) is 3.30. The number of unbranched alkanes of at least 4 members (excludes halogenated alkanes) is 9. The quantitative estimate of drug-likeness (QED) is 0.127. The maximum Gasteiger partial charge on any atom is 0.334 e. The molecule has 0 saturated heterocycles. The van der Waals surface area contributed by atoms with E-state index >= 15 is 0 Å². The zero-order chi connectivity index (χ0) is 21.7. The van der Waals surface area contributed by atoms with Gasteiger partial charge in [0.2, 0.25) is 0 Å². The second-order valence-corrected chi connectivity index (χ2v) is 7.91. The van der Waals surface area contributed by atoms with Gasteiger partial charge in [-0.1, -0.05) is 85.5 Å². The molecule has 0 aromatic heterocycles. The molecule has 0 aromatic carbocycles. The highest BCUT2D eigenvalue weighted by molar-refractivity contribution is 6.00. The largest absolute Gasteiger partial charge is 0.462 e. The zero-order valence-corrected chi connectivity index (χ0v) is 19.7. The fourth-order valence-corrected chi connectivity index (χ4v) is 3.30. The van der Waals surface area contributed by atoms with Gasteiger partial charge in [-0.05, 0) is 38.5 Å². The molecule has 0 bridgehead atoms. The minimum Gasteiger partial charge on any atom is -0.462 e. The van der Waals surface area contributed by atoms with E-state index in [-0.39, 0.29) is 11.9 Å². The third kappa shape index (κ3) is 14.3. The van der Waals surface area contributed by atoms with Crippen molar-refractivity contribution in [3.05, 3.63) is 11.1 Å². The van der Waals surface area contributed by atoms with Crippen molar-refractivity contribution in [3.63, 3.8) is 0 Å². The van der Waals surface area contributed by atoms with Gasteiger partial charge in [-0.3, -0.25) is 0 Å². The van der Waals surface area contributed by atoms with Crippen LogP contribution in [0.3, 0.4) is 0 Å². The molecule has 0 rings (SSSR count). The predicted molar refractivity (Wildman–Crippen MR) is 121 cm³/mol. The molecule has 0 aliphatic carbocycles. The summed E-state index contributed by atoms with van der Waals surface area (Å²) in [4.78, 5) is 25.5. The van der Waals surface area contributed by atoms with Crippen LogP contribution in [0, 0.1) is 0 Å². The molecular weight excluding hydrogens is 364 g/mol. The van der Waals surface area contributed by atoms with Crippen molar-refractivity contribution in [1.29, 1.82) is 0 Å². The van der Waals surface area contributed by atoms with Crippen molar-refractivity contribution < 1.29 is 19.1 Å². The highest BCUT2D eigenvalue weighted by atomic mass is 16.5. The van der Waals surface area contributed by atoms with E-state index < -0.39 is 0 Å². The van der Waals surface area contributed by atoms with Gasteiger partial charge in [0.25, 0.3) is 0 Å². The van der Waals surface area contributed by atoms with E-state index in [2.05, 4.69) is 13.8 Å². The van der Waals surface area contributed by atoms with Gasteiger partial charge in [-0.15, -0.1) is 0 Å². The summed E-state index contributed by atoms with van der Waals surface area (Å²) in [7, 11) is 0. The SMILES string of the molecule is CCCCCCCCC(C(=O)OCCC)=C(CCCCCCC)C(=O)OCCC. The molecule has 0 fully saturated rings. The summed E-state index contributed by atoms with van der Waals surface area (Å²) in [5.74, 6) is -0.644. The number of esters is 2. The van der Waals surface area contributed by atoms with Crippen molar-refractivity contribution in [2.45, 2.75) is 124 Å². The summed E-state index contributed by atoms with van der Waals surface area (Å²) < 4.78 is 10.8. The fraction of sp³-hybridized carbons (Fsp3) is 0.840. The van der Waals surface area contributed by atoms with Gasteiger partial charge in [0.15, 0.2) is 0 Å². The smallest absolute Gasteiger partial charge is 0.334 e. The predicted octanol–water partition coefficient (Wildman–Crippen LogP) is 7.30. The van der Waals surface area contributed by atoms with Crippen LogP contribution in [0.5, 0.6) is 0 Å². The van der Waals surface area contributed by atoms with E-state index in [0.717, 1.165) is 38.5 Å². The topological polar surface area (TPSA) is 52.6 Å². The van der Waals surface area contributed by atoms with Crippen LogP contribution in [-0.4, -0.2) is 25.2 Å². The van der Waals surface area contributed by atoms with Crippen LogP contribution in [0.2, 0.25) is 0 Å². The molecule has 0 unspecified atom stereocenters. The number of carbonyl (C=O) groups is 2. The third-order valence-electron chi connectivity index (χ3n) is 5.04. The van der Waals surface area contributed by atoms with E-state index in [0.29, 0.717) is 37.2 Å². The second-order valence-electron chi connectivity index (χ2n) is 7.91. The average molecular weight is 411 g/mol. The summed E-state index contributed by atoms with van der Waals surface area (Å²) in [6.07, 6.45) is 15.2. The Kier molecular flexibility index (Phi) is 19.1. The Morgan fingerprint density at radius 3 is 1.17 bits per heavy atom. The molecule has 29 heavy (non-hydrogen) atoms. The van der Waals surface area contributed by atoms with Gasteiger partial charge in [0.1, 0.15) is 0 Å². The molecule has 0 atom stereocenters. The van der Waals surface area contributed by atoms with Crippen LogP contribution >= 0.6 is 0 Å². The highest BCUT2D eigenvalue weighted by Gasteiger charge is 2.22. The Labute approximate surface area is 179 Å². The van der Waals surface area contributed by atoms with Crippen molar-refractivity contribution in [3.8, 4) is 0 Å². The normalized spacial score (nSPS) is 11.9. The van der Waals surface area contributed by atoms with Crippen molar-refractivity contribution in [2.24, 2.45) is 0 Å². The number of hydrogen-bond acceptors (Lipinski definition) is 4.